The van der Waals surface area contributed by atoms with Crippen LogP contribution in [0.3, 0.4) is 0 Å². The van der Waals surface area contributed by atoms with Crippen LogP contribution in [0, 0.1) is 0 Å². The van der Waals surface area contributed by atoms with Crippen LogP contribution in [0.4, 0.5) is 4.39 Å². The van der Waals surface area contributed by atoms with Crippen LogP contribution < -0.4 is 0 Å². The first-order valence-electron chi connectivity index (χ1n) is 5.09. The summed E-state index contributed by atoms with van der Waals surface area (Å²) in [5.74, 6) is 0. The van der Waals surface area contributed by atoms with Crippen LogP contribution in [0.2, 0.25) is 0 Å². The average molecular weight is 201 g/mol. The van der Waals surface area contributed by atoms with Gasteiger partial charge < -0.3 is 4.74 Å². The molecule has 3 heteroatoms. The van der Waals surface area contributed by atoms with Crippen molar-refractivity contribution in [2.24, 2.45) is 0 Å². The molecule has 0 spiro atoms. The number of nitrogens with zero attached hydrogens (tertiary/aromatic N) is 1. The molecule has 1 rings (SSSR count). The van der Waals surface area contributed by atoms with Gasteiger partial charge in [0.1, 0.15) is 0 Å². The summed E-state index contributed by atoms with van der Waals surface area (Å²) in [6.07, 6.45) is 1.74. The number of hydrogen-bond acceptors (Lipinski definition) is 2. The van der Waals surface area contributed by atoms with E-state index in [1.54, 1.807) is 0 Å². The number of likely N-dealkylation sites (N-methyl/N-ethyl adjacent to an activating group) is 1. The Hall–Kier alpha value is -0.410. The highest BCUT2D eigenvalue weighted by molar-refractivity contribution is 5.14. The predicted octanol–water partition coefficient (Wildman–Crippen LogP) is 2.36. The van der Waals surface area contributed by atoms with Crippen LogP contribution in [-0.4, -0.2) is 36.7 Å². The molecule has 0 saturated carbocycles. The Kier molecular flexibility index (Phi) is 3.67. The van der Waals surface area contributed by atoms with Gasteiger partial charge in [0, 0.05) is 12.1 Å². The van der Waals surface area contributed by atoms with Crippen molar-refractivity contribution >= 4 is 0 Å². The fraction of sp³-hybridized carbons (Fsp3) is 0.818. The van der Waals surface area contributed by atoms with E-state index in [0.717, 1.165) is 18.3 Å². The lowest BCUT2D eigenvalue weighted by atomic mass is 9.99. The number of rotatable bonds is 3. The molecule has 1 fully saturated rings. The molecule has 0 N–H and O–H groups in total. The highest BCUT2D eigenvalue weighted by Crippen LogP contribution is 2.31. The minimum atomic E-state index is -0.0395. The molecular formula is C11H20FNO. The van der Waals surface area contributed by atoms with Crippen LogP contribution in [0.15, 0.2) is 11.9 Å². The zero-order valence-corrected chi connectivity index (χ0v) is 9.51. The van der Waals surface area contributed by atoms with Crippen LogP contribution in [0.1, 0.15) is 27.2 Å². The highest BCUT2D eigenvalue weighted by atomic mass is 19.1. The Morgan fingerprint density at radius 1 is 1.64 bits per heavy atom. The maximum absolute atomic E-state index is 12.4. The van der Waals surface area contributed by atoms with Crippen LogP contribution in [0.25, 0.3) is 0 Å². The molecule has 1 unspecified atom stereocenters. The highest BCUT2D eigenvalue weighted by Gasteiger charge is 2.37. The molecular weight excluding hydrogens is 181 g/mol. The summed E-state index contributed by atoms with van der Waals surface area (Å²) in [4.78, 5) is 2.15. The summed E-state index contributed by atoms with van der Waals surface area (Å²) in [5.41, 5.74) is 0.824. The van der Waals surface area contributed by atoms with Crippen molar-refractivity contribution in [2.45, 2.75) is 38.8 Å². The Labute approximate surface area is 85.7 Å². The lowest BCUT2D eigenvalue weighted by molar-refractivity contribution is 0.00373. The van der Waals surface area contributed by atoms with Gasteiger partial charge in [0.05, 0.1) is 19.0 Å². The second-order valence-electron chi connectivity index (χ2n) is 4.66. The Balaban J connectivity index is 2.56. The second-order valence-corrected chi connectivity index (χ2v) is 4.66. The van der Waals surface area contributed by atoms with E-state index < -0.39 is 0 Å². The molecule has 0 bridgehead atoms. The smallest absolute Gasteiger partial charge is 0.0872 e. The first kappa shape index (κ1) is 11.7. The molecule has 1 saturated heterocycles. The van der Waals surface area contributed by atoms with Crippen molar-refractivity contribution in [1.29, 1.82) is 0 Å². The molecule has 0 aliphatic carbocycles. The zero-order valence-electron chi connectivity index (χ0n) is 9.51. The van der Waals surface area contributed by atoms with Gasteiger partial charge in [0.2, 0.25) is 0 Å². The fourth-order valence-electron chi connectivity index (χ4n) is 1.76. The molecule has 1 heterocycles. The third-order valence-corrected chi connectivity index (χ3v) is 2.85. The molecule has 1 atom stereocenters. The molecule has 2 nitrogen and oxygen atoms in total. The minimum Gasteiger partial charge on any atom is -0.377 e. The third kappa shape index (κ3) is 2.55. The topological polar surface area (TPSA) is 12.5 Å². The molecule has 82 valence electrons. The van der Waals surface area contributed by atoms with E-state index in [1.807, 2.05) is 20.9 Å². The van der Waals surface area contributed by atoms with Crippen molar-refractivity contribution in [3.63, 3.8) is 0 Å². The molecule has 0 amide bonds. The Morgan fingerprint density at radius 3 is 2.71 bits per heavy atom. The first-order valence-corrected chi connectivity index (χ1v) is 5.09. The summed E-state index contributed by atoms with van der Waals surface area (Å²) in [7, 11) is 2.01. The predicted molar refractivity (Wildman–Crippen MR) is 55.9 cm³/mol. The van der Waals surface area contributed by atoms with Gasteiger partial charge >= 0.3 is 0 Å². The molecule has 14 heavy (non-hydrogen) atoms. The Bertz CT molecular complexity index is 227. The van der Waals surface area contributed by atoms with Crippen molar-refractivity contribution in [3.05, 3.63) is 11.9 Å². The lowest BCUT2D eigenvalue weighted by Crippen LogP contribution is -2.43. The zero-order chi connectivity index (χ0) is 10.8. The van der Waals surface area contributed by atoms with Gasteiger partial charge in [-0.15, -0.1) is 0 Å². The van der Waals surface area contributed by atoms with Crippen molar-refractivity contribution in [3.8, 4) is 0 Å². The lowest BCUT2D eigenvalue weighted by Gasteiger charge is -2.32. The maximum atomic E-state index is 12.4. The second kappa shape index (κ2) is 4.41. The van der Waals surface area contributed by atoms with Gasteiger partial charge in [-0.3, -0.25) is 4.90 Å². The standard InChI is InChI=1S/C11H20FNO/c1-9(2)14-8-11(3)5-10(6-12)7-13(11)4/h6,9H,5,7-8H2,1-4H3/b10-6+. The van der Waals surface area contributed by atoms with Gasteiger partial charge in [0.15, 0.2) is 0 Å². The first-order chi connectivity index (χ1) is 6.48. The van der Waals surface area contributed by atoms with Gasteiger partial charge in [-0.05, 0) is 39.8 Å². The summed E-state index contributed by atoms with van der Waals surface area (Å²) in [6, 6.07) is 0. The van der Waals surface area contributed by atoms with Crippen molar-refractivity contribution < 1.29 is 9.13 Å². The molecule has 0 aromatic rings. The molecule has 1 aliphatic heterocycles. The van der Waals surface area contributed by atoms with Gasteiger partial charge in [-0.25, -0.2) is 4.39 Å². The summed E-state index contributed by atoms with van der Waals surface area (Å²) < 4.78 is 18.0. The van der Waals surface area contributed by atoms with Gasteiger partial charge in [-0.2, -0.15) is 0 Å². The van der Waals surface area contributed by atoms with Crippen LogP contribution >= 0.6 is 0 Å². The Morgan fingerprint density at radius 2 is 2.29 bits per heavy atom. The van der Waals surface area contributed by atoms with E-state index in [2.05, 4.69) is 11.8 Å². The molecule has 0 aromatic carbocycles. The molecule has 1 aliphatic rings. The monoisotopic (exact) mass is 201 g/mol. The maximum Gasteiger partial charge on any atom is 0.0872 e. The normalized spacial score (nSPS) is 32.0. The largest absolute Gasteiger partial charge is 0.377 e. The number of likely N-dealkylation sites (tertiary alicyclic amines) is 1. The molecule has 0 aromatic heterocycles. The summed E-state index contributed by atoms with van der Waals surface area (Å²) >= 11 is 0. The SMILES string of the molecule is CC(C)OCC1(C)C/C(=C\F)CN1C. The minimum absolute atomic E-state index is 0.0395. The third-order valence-electron chi connectivity index (χ3n) is 2.85. The number of hydrogen-bond donors (Lipinski definition) is 0. The summed E-state index contributed by atoms with van der Waals surface area (Å²) in [6.45, 7) is 7.53. The van der Waals surface area contributed by atoms with E-state index in [0.29, 0.717) is 13.2 Å². The van der Waals surface area contributed by atoms with Crippen molar-refractivity contribution in [1.82, 2.24) is 4.90 Å². The molecule has 0 radical (unpaired) electrons. The fourth-order valence-corrected chi connectivity index (χ4v) is 1.76. The van der Waals surface area contributed by atoms with E-state index >= 15 is 0 Å². The van der Waals surface area contributed by atoms with E-state index in [9.17, 15) is 4.39 Å². The van der Waals surface area contributed by atoms with E-state index in [4.69, 9.17) is 4.74 Å². The van der Waals surface area contributed by atoms with E-state index in [1.165, 1.54) is 0 Å². The van der Waals surface area contributed by atoms with Gasteiger partial charge in [-0.1, -0.05) is 0 Å². The average Bonchev–Trinajstić information content (AvgIpc) is 2.40. The number of ether oxygens (including phenoxy) is 1. The van der Waals surface area contributed by atoms with Crippen molar-refractivity contribution in [2.75, 3.05) is 20.2 Å². The quantitative estimate of drug-likeness (QED) is 0.695. The summed E-state index contributed by atoms with van der Waals surface area (Å²) in [5, 5.41) is 0. The van der Waals surface area contributed by atoms with E-state index in [-0.39, 0.29) is 11.6 Å². The van der Waals surface area contributed by atoms with Gasteiger partial charge in [0.25, 0.3) is 0 Å². The van der Waals surface area contributed by atoms with Crippen LogP contribution in [-0.2, 0) is 4.74 Å². The number of halogens is 1. The van der Waals surface area contributed by atoms with Crippen LogP contribution in [0.5, 0.6) is 0 Å².